The summed E-state index contributed by atoms with van der Waals surface area (Å²) in [6.07, 6.45) is 27.1. The van der Waals surface area contributed by atoms with Crippen molar-refractivity contribution in [1.29, 1.82) is 0 Å². The Bertz CT molecular complexity index is 340. The highest BCUT2D eigenvalue weighted by Gasteiger charge is 2.19. The lowest BCUT2D eigenvalue weighted by atomic mass is 10.0. The molecule has 3 unspecified atom stereocenters. The maximum Gasteiger partial charge on any atom is 0.330 e. The van der Waals surface area contributed by atoms with Crippen LogP contribution in [0.1, 0.15) is 163 Å². The number of rotatable bonds is 25. The molecular formula is C27H57O3P. The van der Waals surface area contributed by atoms with Gasteiger partial charge in [0.2, 0.25) is 0 Å². The summed E-state index contributed by atoms with van der Waals surface area (Å²) in [7, 11) is -1.74. The van der Waals surface area contributed by atoms with Crippen molar-refractivity contribution in [3.8, 4) is 0 Å². The van der Waals surface area contributed by atoms with Crippen LogP contribution in [0, 0.1) is 0 Å². The average Bonchev–Trinajstić information content (AvgIpc) is 2.78. The summed E-state index contributed by atoms with van der Waals surface area (Å²) in [6.45, 7) is 8.83. The molecule has 1 N–H and O–H groups in total. The molecule has 0 spiro atoms. The zero-order valence-electron chi connectivity index (χ0n) is 21.7. The maximum atomic E-state index is 10.3. The van der Waals surface area contributed by atoms with Crippen LogP contribution in [-0.4, -0.2) is 17.1 Å². The predicted molar refractivity (Wildman–Crippen MR) is 139 cm³/mol. The second-order valence-corrected chi connectivity index (χ2v) is 10.3. The van der Waals surface area contributed by atoms with Crippen molar-refractivity contribution in [1.82, 2.24) is 0 Å². The van der Waals surface area contributed by atoms with Gasteiger partial charge in [0.25, 0.3) is 0 Å². The van der Waals surface area contributed by atoms with Crippen molar-refractivity contribution in [2.45, 2.75) is 175 Å². The molecule has 31 heavy (non-hydrogen) atoms. The van der Waals surface area contributed by atoms with Gasteiger partial charge >= 0.3 is 8.60 Å². The Morgan fingerprint density at radius 2 is 0.774 bits per heavy atom. The minimum Gasteiger partial charge on any atom is -0.328 e. The van der Waals surface area contributed by atoms with Gasteiger partial charge in [-0.2, -0.15) is 0 Å². The minimum atomic E-state index is -1.74. The summed E-state index contributed by atoms with van der Waals surface area (Å²) in [4.78, 5) is 10.3. The van der Waals surface area contributed by atoms with Gasteiger partial charge < -0.3 is 13.9 Å². The Balaban J connectivity index is 3.72. The first-order valence-corrected chi connectivity index (χ1v) is 15.1. The molecule has 0 aliphatic carbocycles. The van der Waals surface area contributed by atoms with Gasteiger partial charge in [-0.15, -0.1) is 0 Å². The van der Waals surface area contributed by atoms with Gasteiger partial charge in [-0.25, -0.2) is 0 Å². The quantitative estimate of drug-likeness (QED) is 0.109. The first-order chi connectivity index (χ1) is 15.2. The zero-order valence-corrected chi connectivity index (χ0v) is 22.6. The van der Waals surface area contributed by atoms with Crippen LogP contribution in [0.25, 0.3) is 0 Å². The van der Waals surface area contributed by atoms with Crippen LogP contribution in [0.15, 0.2) is 0 Å². The summed E-state index contributed by atoms with van der Waals surface area (Å²) < 4.78 is 11.7. The Labute approximate surface area is 197 Å². The molecule has 0 aromatic heterocycles. The molecule has 0 aliphatic rings. The topological polar surface area (TPSA) is 38.7 Å². The van der Waals surface area contributed by atoms with Gasteiger partial charge in [0.05, 0.1) is 12.2 Å². The van der Waals surface area contributed by atoms with Crippen molar-refractivity contribution in [3.05, 3.63) is 0 Å². The molecule has 0 radical (unpaired) electrons. The summed E-state index contributed by atoms with van der Waals surface area (Å²) in [5.41, 5.74) is 0. The molecule has 0 aromatic rings. The molecule has 0 fully saturated rings. The predicted octanol–water partition coefficient (Wildman–Crippen LogP) is 10.2. The fourth-order valence-electron chi connectivity index (χ4n) is 4.13. The van der Waals surface area contributed by atoms with E-state index in [1.165, 1.54) is 109 Å². The molecule has 0 bridgehead atoms. The molecule has 0 rings (SSSR count). The fourth-order valence-corrected chi connectivity index (χ4v) is 5.20. The van der Waals surface area contributed by atoms with Crippen LogP contribution in [0.3, 0.4) is 0 Å². The highest BCUT2D eigenvalue weighted by molar-refractivity contribution is 7.40. The first-order valence-electron chi connectivity index (χ1n) is 14.0. The molecule has 0 heterocycles. The largest absolute Gasteiger partial charge is 0.330 e. The molecule has 0 saturated carbocycles. The maximum absolute atomic E-state index is 10.3. The zero-order chi connectivity index (χ0) is 23.0. The van der Waals surface area contributed by atoms with E-state index in [0.29, 0.717) is 0 Å². The lowest BCUT2D eigenvalue weighted by Crippen LogP contribution is -2.14. The second kappa shape index (κ2) is 24.9. The third-order valence-electron chi connectivity index (χ3n) is 6.40. The van der Waals surface area contributed by atoms with Gasteiger partial charge in [-0.1, -0.05) is 137 Å². The lowest BCUT2D eigenvalue weighted by molar-refractivity contribution is 0.0957. The van der Waals surface area contributed by atoms with Crippen molar-refractivity contribution in [3.63, 3.8) is 0 Å². The molecule has 0 aromatic carbocycles. The van der Waals surface area contributed by atoms with Gasteiger partial charge in [0.15, 0.2) is 0 Å². The lowest BCUT2D eigenvalue weighted by Gasteiger charge is -2.23. The Hall–Kier alpha value is 0.310. The van der Waals surface area contributed by atoms with Crippen molar-refractivity contribution >= 4 is 8.60 Å². The van der Waals surface area contributed by atoms with Gasteiger partial charge in [-0.05, 0) is 25.7 Å². The summed E-state index contributed by atoms with van der Waals surface area (Å²) in [5.74, 6) is 0. The van der Waals surface area contributed by atoms with E-state index < -0.39 is 8.60 Å². The SMILES string of the molecule is CCCCCCCCCCCCCC(CC)OP(O)OC(CC)CCCCCCCC. The monoisotopic (exact) mass is 460 g/mol. The van der Waals surface area contributed by atoms with Crippen molar-refractivity contribution in [2.24, 2.45) is 0 Å². The smallest absolute Gasteiger partial charge is 0.328 e. The molecule has 0 aliphatic heterocycles. The number of hydrogen-bond donors (Lipinski definition) is 1. The minimum absolute atomic E-state index is 0.140. The van der Waals surface area contributed by atoms with E-state index in [0.717, 1.165) is 25.7 Å². The number of hydrogen-bond acceptors (Lipinski definition) is 3. The Kier molecular flexibility index (Phi) is 25.2. The van der Waals surface area contributed by atoms with Crippen LogP contribution in [0.4, 0.5) is 0 Å². The van der Waals surface area contributed by atoms with E-state index in [9.17, 15) is 4.89 Å². The highest BCUT2D eigenvalue weighted by Crippen LogP contribution is 2.39. The number of unbranched alkanes of at least 4 members (excludes halogenated alkanes) is 15. The molecular weight excluding hydrogens is 403 g/mol. The Morgan fingerprint density at radius 3 is 1.06 bits per heavy atom. The van der Waals surface area contributed by atoms with Crippen LogP contribution in [-0.2, 0) is 9.05 Å². The molecule has 188 valence electrons. The average molecular weight is 461 g/mol. The van der Waals surface area contributed by atoms with E-state index in [2.05, 4.69) is 27.7 Å². The van der Waals surface area contributed by atoms with E-state index >= 15 is 0 Å². The first kappa shape index (κ1) is 31.3. The molecule has 0 saturated heterocycles. The highest BCUT2D eigenvalue weighted by atomic mass is 31.2. The third kappa shape index (κ3) is 21.9. The Morgan fingerprint density at radius 1 is 0.484 bits per heavy atom. The summed E-state index contributed by atoms with van der Waals surface area (Å²) in [6, 6.07) is 0. The fraction of sp³-hybridized carbons (Fsp3) is 1.00. The van der Waals surface area contributed by atoms with Gasteiger partial charge in [-0.3, -0.25) is 0 Å². The van der Waals surface area contributed by atoms with Crippen LogP contribution >= 0.6 is 8.60 Å². The van der Waals surface area contributed by atoms with Crippen LogP contribution in [0.5, 0.6) is 0 Å². The van der Waals surface area contributed by atoms with E-state index in [4.69, 9.17) is 9.05 Å². The van der Waals surface area contributed by atoms with Gasteiger partial charge in [0, 0.05) is 0 Å². The van der Waals surface area contributed by atoms with Crippen molar-refractivity contribution in [2.75, 3.05) is 0 Å². The van der Waals surface area contributed by atoms with E-state index in [1.807, 2.05) is 0 Å². The second-order valence-electron chi connectivity index (χ2n) is 9.39. The van der Waals surface area contributed by atoms with E-state index in [-0.39, 0.29) is 12.2 Å². The molecule has 3 nitrogen and oxygen atoms in total. The van der Waals surface area contributed by atoms with E-state index in [1.54, 1.807) is 0 Å². The molecule has 3 atom stereocenters. The third-order valence-corrected chi connectivity index (χ3v) is 7.36. The van der Waals surface area contributed by atoms with Gasteiger partial charge in [0.1, 0.15) is 0 Å². The summed E-state index contributed by atoms with van der Waals surface area (Å²) >= 11 is 0. The summed E-state index contributed by atoms with van der Waals surface area (Å²) in [5, 5.41) is 0. The van der Waals surface area contributed by atoms with Crippen molar-refractivity contribution < 1.29 is 13.9 Å². The normalized spacial score (nSPS) is 14.6. The standard InChI is InChI=1S/C27H57O3P/c1-5-9-11-13-15-16-17-18-19-21-23-25-27(8-4)30-31(28)29-26(7-3)24-22-20-14-12-10-6-2/h26-28H,5-25H2,1-4H3. The van der Waals surface area contributed by atoms with Crippen LogP contribution in [0.2, 0.25) is 0 Å². The van der Waals surface area contributed by atoms with Crippen LogP contribution < -0.4 is 0 Å². The molecule has 0 amide bonds. The molecule has 4 heteroatoms.